The molecule has 1 heterocycles. The van der Waals surface area contributed by atoms with Gasteiger partial charge in [-0.05, 0) is 31.2 Å². The number of amides is 1. The van der Waals surface area contributed by atoms with E-state index in [9.17, 15) is 14.4 Å². The van der Waals surface area contributed by atoms with E-state index >= 15 is 0 Å². The molecule has 0 bridgehead atoms. The number of thioether (sulfide) groups is 1. The lowest BCUT2D eigenvalue weighted by molar-refractivity contribution is -0.147. The first-order valence-corrected chi connectivity index (χ1v) is 9.25. The minimum Gasteiger partial charge on any atom is -0.454 e. The van der Waals surface area contributed by atoms with Gasteiger partial charge in [-0.2, -0.15) is 0 Å². The molecule has 26 heavy (non-hydrogen) atoms. The summed E-state index contributed by atoms with van der Waals surface area (Å²) in [7, 11) is 0. The molecule has 5 nitrogen and oxygen atoms in total. The summed E-state index contributed by atoms with van der Waals surface area (Å²) in [6.07, 6.45) is -1.07. The molecule has 2 aromatic rings. The number of ether oxygens (including phenoxy) is 1. The number of Topliss-reactive ketones (excluding diaryl/α,β-unsaturated/α-hetero) is 1. The lowest BCUT2D eigenvalue weighted by atomic mass is 10.1. The number of hydrogen-bond donors (Lipinski definition) is 1. The Morgan fingerprint density at radius 2 is 2.00 bits per heavy atom. The van der Waals surface area contributed by atoms with Crippen LogP contribution in [0.4, 0.5) is 5.69 Å². The fourth-order valence-electron chi connectivity index (χ4n) is 2.55. The fraction of sp³-hybridized carbons (Fsp3) is 0.211. The summed E-state index contributed by atoms with van der Waals surface area (Å²) in [6.45, 7) is 1.50. The van der Waals surface area contributed by atoms with E-state index in [-0.39, 0.29) is 18.1 Å². The van der Waals surface area contributed by atoms with Crippen molar-refractivity contribution in [1.29, 1.82) is 0 Å². The number of rotatable bonds is 5. The van der Waals surface area contributed by atoms with Gasteiger partial charge in [0.05, 0.1) is 17.4 Å². The van der Waals surface area contributed by atoms with Crippen LogP contribution < -0.4 is 5.32 Å². The molecule has 0 unspecified atom stereocenters. The van der Waals surface area contributed by atoms with Gasteiger partial charge < -0.3 is 10.1 Å². The maximum absolute atomic E-state index is 12.3. The molecular formula is C19H16ClNO4S. The van der Waals surface area contributed by atoms with Gasteiger partial charge in [0.25, 0.3) is 0 Å². The number of halogens is 1. The Balaban J connectivity index is 1.60. The molecule has 0 aliphatic carbocycles. The van der Waals surface area contributed by atoms with Gasteiger partial charge in [-0.1, -0.05) is 35.9 Å². The predicted molar refractivity (Wildman–Crippen MR) is 101 cm³/mol. The molecule has 0 fully saturated rings. The Kier molecular flexibility index (Phi) is 5.64. The standard InChI is InChI=1S/C19H16ClNO4S/c1-11(18(23)12-5-4-6-13(20)9-12)25-17(22)10-16-19(24)21-14-7-2-3-8-15(14)26-16/h2-9,11,16H,10H2,1H3,(H,21,24)/t11-,16-/m0/s1. The van der Waals surface area contributed by atoms with Crippen LogP contribution in [-0.2, 0) is 14.3 Å². The molecule has 2 atom stereocenters. The topological polar surface area (TPSA) is 72.5 Å². The summed E-state index contributed by atoms with van der Waals surface area (Å²) >= 11 is 7.19. The van der Waals surface area contributed by atoms with Crippen molar-refractivity contribution in [3.63, 3.8) is 0 Å². The number of ketones is 1. The number of carbonyl (C=O) groups is 3. The first-order valence-electron chi connectivity index (χ1n) is 8.00. The molecule has 1 aliphatic rings. The summed E-state index contributed by atoms with van der Waals surface area (Å²) in [5.41, 5.74) is 1.10. The third-order valence-electron chi connectivity index (χ3n) is 3.85. The number of esters is 1. The average molecular weight is 390 g/mol. The Bertz CT molecular complexity index is 870. The van der Waals surface area contributed by atoms with Crippen molar-refractivity contribution in [3.8, 4) is 0 Å². The van der Waals surface area contributed by atoms with Crippen LogP contribution in [0.1, 0.15) is 23.7 Å². The van der Waals surface area contributed by atoms with Gasteiger partial charge in [0, 0.05) is 15.5 Å². The van der Waals surface area contributed by atoms with E-state index in [1.165, 1.54) is 24.8 Å². The second-order valence-electron chi connectivity index (χ2n) is 5.80. The van der Waals surface area contributed by atoms with Crippen LogP contribution in [-0.4, -0.2) is 29.0 Å². The monoisotopic (exact) mass is 389 g/mol. The zero-order chi connectivity index (χ0) is 18.7. The van der Waals surface area contributed by atoms with E-state index in [2.05, 4.69) is 5.32 Å². The van der Waals surface area contributed by atoms with Crippen LogP contribution in [0.3, 0.4) is 0 Å². The molecule has 1 N–H and O–H groups in total. The third kappa shape index (κ3) is 4.26. The van der Waals surface area contributed by atoms with Crippen LogP contribution in [0.15, 0.2) is 53.4 Å². The Labute approximate surface area is 160 Å². The molecule has 1 amide bonds. The second kappa shape index (κ2) is 7.93. The largest absolute Gasteiger partial charge is 0.454 e. The maximum atomic E-state index is 12.3. The van der Waals surface area contributed by atoms with E-state index < -0.39 is 17.3 Å². The van der Waals surface area contributed by atoms with Crippen molar-refractivity contribution < 1.29 is 19.1 Å². The van der Waals surface area contributed by atoms with Gasteiger partial charge in [0.1, 0.15) is 0 Å². The molecule has 0 aromatic heterocycles. The zero-order valence-corrected chi connectivity index (χ0v) is 15.5. The molecule has 3 rings (SSSR count). The Morgan fingerprint density at radius 1 is 1.23 bits per heavy atom. The number of nitrogens with one attached hydrogen (secondary N) is 1. The van der Waals surface area contributed by atoms with Crippen LogP contribution in [0.5, 0.6) is 0 Å². The lowest BCUT2D eigenvalue weighted by Gasteiger charge is -2.23. The highest BCUT2D eigenvalue weighted by molar-refractivity contribution is 8.01. The number of benzene rings is 2. The van der Waals surface area contributed by atoms with Gasteiger partial charge >= 0.3 is 5.97 Å². The number of hydrogen-bond acceptors (Lipinski definition) is 5. The van der Waals surface area contributed by atoms with Crippen molar-refractivity contribution in [2.75, 3.05) is 5.32 Å². The molecule has 2 aromatic carbocycles. The third-order valence-corrected chi connectivity index (χ3v) is 5.36. The molecule has 0 saturated heterocycles. The molecule has 0 saturated carbocycles. The first-order chi connectivity index (χ1) is 12.4. The van der Waals surface area contributed by atoms with Crippen molar-refractivity contribution in [2.45, 2.75) is 29.6 Å². The second-order valence-corrected chi connectivity index (χ2v) is 7.48. The molecule has 7 heteroatoms. The van der Waals surface area contributed by atoms with Gasteiger partial charge in [-0.15, -0.1) is 11.8 Å². The molecule has 1 aliphatic heterocycles. The smallest absolute Gasteiger partial charge is 0.308 e. The number of carbonyl (C=O) groups excluding carboxylic acids is 3. The van der Waals surface area contributed by atoms with Crippen LogP contribution in [0.2, 0.25) is 5.02 Å². The van der Waals surface area contributed by atoms with Crippen molar-refractivity contribution in [3.05, 3.63) is 59.1 Å². The summed E-state index contributed by atoms with van der Waals surface area (Å²) < 4.78 is 5.22. The summed E-state index contributed by atoms with van der Waals surface area (Å²) in [4.78, 5) is 37.6. The van der Waals surface area contributed by atoms with Crippen molar-refractivity contribution >= 4 is 46.7 Å². The highest BCUT2D eigenvalue weighted by Crippen LogP contribution is 2.36. The van der Waals surface area contributed by atoms with Crippen LogP contribution >= 0.6 is 23.4 Å². The lowest BCUT2D eigenvalue weighted by Crippen LogP contribution is -2.33. The van der Waals surface area contributed by atoms with E-state index in [4.69, 9.17) is 16.3 Å². The molecule has 134 valence electrons. The van der Waals surface area contributed by atoms with Gasteiger partial charge in [-0.25, -0.2) is 0 Å². The quantitative estimate of drug-likeness (QED) is 0.619. The Hall–Kier alpha value is -2.31. The average Bonchev–Trinajstić information content (AvgIpc) is 2.61. The maximum Gasteiger partial charge on any atom is 0.308 e. The van der Waals surface area contributed by atoms with Crippen molar-refractivity contribution in [1.82, 2.24) is 0 Å². The number of fused-ring (bicyclic) bond motifs is 1. The van der Waals surface area contributed by atoms with Crippen LogP contribution in [0.25, 0.3) is 0 Å². The predicted octanol–water partition coefficient (Wildman–Crippen LogP) is 3.96. The highest BCUT2D eigenvalue weighted by atomic mass is 35.5. The highest BCUT2D eigenvalue weighted by Gasteiger charge is 2.30. The van der Waals surface area contributed by atoms with E-state index in [0.29, 0.717) is 10.6 Å². The Morgan fingerprint density at radius 3 is 2.77 bits per heavy atom. The minimum atomic E-state index is -0.954. The fourth-order valence-corrected chi connectivity index (χ4v) is 3.84. The summed E-state index contributed by atoms with van der Waals surface area (Å²) in [5, 5.41) is 2.62. The molecule has 0 spiro atoms. The SMILES string of the molecule is C[C@H](OC(=O)C[C@@H]1Sc2ccccc2NC1=O)C(=O)c1cccc(Cl)c1. The summed E-state index contributed by atoms with van der Waals surface area (Å²) in [5.74, 6) is -1.19. The van der Waals surface area contributed by atoms with Gasteiger partial charge in [0.2, 0.25) is 11.7 Å². The van der Waals surface area contributed by atoms with E-state index in [1.54, 1.807) is 24.3 Å². The van der Waals surface area contributed by atoms with Crippen molar-refractivity contribution in [2.24, 2.45) is 0 Å². The number of para-hydroxylation sites is 1. The van der Waals surface area contributed by atoms with Crippen LogP contribution in [0, 0.1) is 0 Å². The van der Waals surface area contributed by atoms with E-state index in [1.807, 2.05) is 18.2 Å². The summed E-state index contributed by atoms with van der Waals surface area (Å²) in [6, 6.07) is 13.8. The van der Waals surface area contributed by atoms with Gasteiger partial charge in [-0.3, -0.25) is 14.4 Å². The number of anilines is 1. The normalized spacial score (nSPS) is 17.0. The minimum absolute atomic E-state index is 0.113. The molecular weight excluding hydrogens is 374 g/mol. The van der Waals surface area contributed by atoms with Gasteiger partial charge in [0.15, 0.2) is 6.10 Å². The zero-order valence-electron chi connectivity index (χ0n) is 13.9. The molecule has 0 radical (unpaired) electrons. The van der Waals surface area contributed by atoms with E-state index in [0.717, 1.165) is 10.6 Å². The first kappa shape index (κ1) is 18.5.